The van der Waals surface area contributed by atoms with Crippen LogP contribution in [0.25, 0.3) is 11.0 Å². The van der Waals surface area contributed by atoms with Gasteiger partial charge in [-0.3, -0.25) is 0 Å². The minimum atomic E-state index is -0.479. The second kappa shape index (κ2) is 3.87. The third kappa shape index (κ3) is 1.64. The van der Waals surface area contributed by atoms with Gasteiger partial charge in [-0.25, -0.2) is 4.79 Å². The molecule has 0 aliphatic heterocycles. The molecule has 0 atom stereocenters. The van der Waals surface area contributed by atoms with Gasteiger partial charge in [-0.1, -0.05) is 11.6 Å². The number of benzene rings is 1. The van der Waals surface area contributed by atoms with Crippen molar-refractivity contribution in [1.29, 1.82) is 0 Å². The van der Waals surface area contributed by atoms with Crippen molar-refractivity contribution >= 4 is 44.5 Å². The molecule has 0 aliphatic carbocycles. The van der Waals surface area contributed by atoms with Gasteiger partial charge >= 0.3 is 5.97 Å². The van der Waals surface area contributed by atoms with Crippen molar-refractivity contribution in [2.45, 2.75) is 0 Å². The van der Waals surface area contributed by atoms with Crippen molar-refractivity contribution in [2.24, 2.45) is 0 Å². The number of hydrogen-bond donors (Lipinski definition) is 0. The Morgan fingerprint density at radius 2 is 2.33 bits per heavy atom. The fourth-order valence-electron chi connectivity index (χ4n) is 1.36. The molecule has 15 heavy (non-hydrogen) atoms. The number of hydrogen-bond acceptors (Lipinski definition) is 3. The second-order valence-electron chi connectivity index (χ2n) is 2.87. The quantitative estimate of drug-likeness (QED) is 0.753. The molecule has 0 N–H and O–H groups in total. The number of halogens is 2. The average Bonchev–Trinajstić information content (AvgIpc) is 2.66. The summed E-state index contributed by atoms with van der Waals surface area (Å²) in [5.74, 6) is -0.479. The minimum absolute atomic E-state index is 0.317. The molecule has 0 amide bonds. The van der Waals surface area contributed by atoms with Crippen molar-refractivity contribution in [2.75, 3.05) is 7.11 Å². The first-order chi connectivity index (χ1) is 7.15. The highest BCUT2D eigenvalue weighted by molar-refractivity contribution is 9.10. The van der Waals surface area contributed by atoms with Crippen LogP contribution in [-0.2, 0) is 4.74 Å². The molecule has 0 aliphatic rings. The SMILES string of the molecule is COC(=O)c1c(Cl)c(Br)cc2occc12. The van der Waals surface area contributed by atoms with E-state index >= 15 is 0 Å². The van der Waals surface area contributed by atoms with Crippen LogP contribution in [0.3, 0.4) is 0 Å². The maximum absolute atomic E-state index is 11.5. The summed E-state index contributed by atoms with van der Waals surface area (Å²) >= 11 is 9.26. The summed E-state index contributed by atoms with van der Waals surface area (Å²) in [6.45, 7) is 0. The van der Waals surface area contributed by atoms with Crippen LogP contribution in [0.15, 0.2) is 27.3 Å². The van der Waals surface area contributed by atoms with E-state index in [1.165, 1.54) is 13.4 Å². The van der Waals surface area contributed by atoms with Gasteiger partial charge in [0.25, 0.3) is 0 Å². The van der Waals surface area contributed by atoms with E-state index in [0.717, 1.165) is 0 Å². The first-order valence-electron chi connectivity index (χ1n) is 4.08. The predicted molar refractivity (Wildman–Crippen MR) is 60.3 cm³/mol. The summed E-state index contributed by atoms with van der Waals surface area (Å²) in [7, 11) is 1.31. The topological polar surface area (TPSA) is 39.4 Å². The van der Waals surface area contributed by atoms with E-state index in [-0.39, 0.29) is 0 Å². The number of furan rings is 1. The third-order valence-corrected chi connectivity index (χ3v) is 3.29. The van der Waals surface area contributed by atoms with Crippen LogP contribution in [0.1, 0.15) is 10.4 Å². The lowest BCUT2D eigenvalue weighted by Gasteiger charge is -2.05. The Balaban J connectivity index is 2.83. The van der Waals surface area contributed by atoms with Gasteiger partial charge in [-0.15, -0.1) is 0 Å². The number of methoxy groups -OCH3 is 1. The summed E-state index contributed by atoms with van der Waals surface area (Å²) < 4.78 is 10.5. The summed E-state index contributed by atoms with van der Waals surface area (Å²) in [6, 6.07) is 3.39. The van der Waals surface area contributed by atoms with Gasteiger partial charge in [-0.2, -0.15) is 0 Å². The van der Waals surface area contributed by atoms with Crippen LogP contribution in [-0.4, -0.2) is 13.1 Å². The fraction of sp³-hybridized carbons (Fsp3) is 0.100. The van der Waals surface area contributed by atoms with Crippen LogP contribution in [0.5, 0.6) is 0 Å². The van der Waals surface area contributed by atoms with E-state index in [9.17, 15) is 4.79 Å². The molecule has 0 saturated carbocycles. The van der Waals surface area contributed by atoms with Gasteiger partial charge in [0, 0.05) is 9.86 Å². The maximum Gasteiger partial charge on any atom is 0.340 e. The molecular formula is C10H6BrClO3. The van der Waals surface area contributed by atoms with Gasteiger partial charge in [0.1, 0.15) is 5.58 Å². The van der Waals surface area contributed by atoms with E-state index in [0.29, 0.717) is 26.0 Å². The second-order valence-corrected chi connectivity index (χ2v) is 4.10. The molecular weight excluding hydrogens is 283 g/mol. The smallest absolute Gasteiger partial charge is 0.340 e. The Bertz CT molecular complexity index is 533. The zero-order valence-electron chi connectivity index (χ0n) is 7.71. The zero-order valence-corrected chi connectivity index (χ0v) is 10.1. The molecule has 0 spiro atoms. The summed E-state index contributed by atoms with van der Waals surface area (Å²) in [4.78, 5) is 11.5. The maximum atomic E-state index is 11.5. The van der Waals surface area contributed by atoms with Crippen LogP contribution in [0.2, 0.25) is 5.02 Å². The number of fused-ring (bicyclic) bond motifs is 1. The Labute approximate surface area is 99.1 Å². The standard InChI is InChI=1S/C10H6BrClO3/c1-14-10(13)8-5-2-3-15-7(5)4-6(11)9(8)12/h2-4H,1H3. The fourth-order valence-corrected chi connectivity index (χ4v) is 2.00. The zero-order chi connectivity index (χ0) is 11.0. The van der Waals surface area contributed by atoms with Crippen LogP contribution < -0.4 is 0 Å². The van der Waals surface area contributed by atoms with Gasteiger partial charge in [0.15, 0.2) is 0 Å². The highest BCUT2D eigenvalue weighted by Gasteiger charge is 2.19. The Hall–Kier alpha value is -1.00. The molecule has 2 aromatic rings. The number of carbonyl (C=O) groups excluding carboxylic acids is 1. The lowest BCUT2D eigenvalue weighted by atomic mass is 10.1. The van der Waals surface area contributed by atoms with E-state index in [1.807, 2.05) is 0 Å². The molecule has 3 nitrogen and oxygen atoms in total. The van der Waals surface area contributed by atoms with Crippen LogP contribution >= 0.6 is 27.5 Å². The molecule has 0 fully saturated rings. The van der Waals surface area contributed by atoms with E-state index in [1.54, 1.807) is 12.1 Å². The van der Waals surface area contributed by atoms with Gasteiger partial charge in [0.2, 0.25) is 0 Å². The van der Waals surface area contributed by atoms with Crippen molar-refractivity contribution in [3.8, 4) is 0 Å². The molecule has 2 rings (SSSR count). The van der Waals surface area contributed by atoms with E-state index in [4.69, 9.17) is 16.0 Å². The molecule has 1 aromatic carbocycles. The molecule has 1 aromatic heterocycles. The van der Waals surface area contributed by atoms with Crippen molar-refractivity contribution in [3.05, 3.63) is 33.5 Å². The average molecular weight is 290 g/mol. The van der Waals surface area contributed by atoms with Crippen molar-refractivity contribution in [1.82, 2.24) is 0 Å². The van der Waals surface area contributed by atoms with Crippen LogP contribution in [0.4, 0.5) is 0 Å². The van der Waals surface area contributed by atoms with Crippen LogP contribution in [0, 0.1) is 0 Å². The number of esters is 1. The molecule has 0 radical (unpaired) electrons. The lowest BCUT2D eigenvalue weighted by molar-refractivity contribution is 0.0603. The number of carbonyl (C=O) groups is 1. The van der Waals surface area contributed by atoms with E-state index < -0.39 is 5.97 Å². The molecule has 0 bridgehead atoms. The Morgan fingerprint density at radius 3 is 3.00 bits per heavy atom. The summed E-state index contributed by atoms with van der Waals surface area (Å²) in [6.07, 6.45) is 1.50. The largest absolute Gasteiger partial charge is 0.465 e. The predicted octanol–water partition coefficient (Wildman–Crippen LogP) is 3.64. The lowest BCUT2D eigenvalue weighted by Crippen LogP contribution is -2.02. The van der Waals surface area contributed by atoms with Gasteiger partial charge in [-0.05, 0) is 28.1 Å². The highest BCUT2D eigenvalue weighted by Crippen LogP contribution is 2.34. The summed E-state index contributed by atoms with van der Waals surface area (Å²) in [5, 5.41) is 0.978. The van der Waals surface area contributed by atoms with E-state index in [2.05, 4.69) is 20.7 Å². The molecule has 0 unspecified atom stereocenters. The van der Waals surface area contributed by atoms with Crippen molar-refractivity contribution in [3.63, 3.8) is 0 Å². The van der Waals surface area contributed by atoms with Gasteiger partial charge < -0.3 is 9.15 Å². The number of ether oxygens (including phenoxy) is 1. The summed E-state index contributed by atoms with van der Waals surface area (Å²) in [5.41, 5.74) is 0.906. The van der Waals surface area contributed by atoms with Crippen molar-refractivity contribution < 1.29 is 13.9 Å². The third-order valence-electron chi connectivity index (χ3n) is 2.04. The Morgan fingerprint density at radius 1 is 1.60 bits per heavy atom. The molecule has 5 heteroatoms. The highest BCUT2D eigenvalue weighted by atomic mass is 79.9. The Kier molecular flexibility index (Phi) is 2.71. The molecule has 0 saturated heterocycles. The first-order valence-corrected chi connectivity index (χ1v) is 5.25. The van der Waals surface area contributed by atoms with Gasteiger partial charge in [0.05, 0.1) is 24.0 Å². The number of rotatable bonds is 1. The normalized spacial score (nSPS) is 10.6. The first kappa shape index (κ1) is 10.5. The molecule has 78 valence electrons. The molecule has 1 heterocycles. The monoisotopic (exact) mass is 288 g/mol. The minimum Gasteiger partial charge on any atom is -0.465 e.